The molecular formula is C18H32O3. The van der Waals surface area contributed by atoms with Crippen LogP contribution in [-0.2, 0) is 14.3 Å². The van der Waals surface area contributed by atoms with Crippen molar-refractivity contribution in [3.05, 3.63) is 23.8 Å². The van der Waals surface area contributed by atoms with Gasteiger partial charge in [-0.05, 0) is 52.0 Å². The Morgan fingerprint density at radius 3 is 2.57 bits per heavy atom. The number of methoxy groups -OCH3 is 1. The predicted molar refractivity (Wildman–Crippen MR) is 88.3 cm³/mol. The third-order valence-corrected chi connectivity index (χ3v) is 3.48. The van der Waals surface area contributed by atoms with Crippen LogP contribution in [0.3, 0.4) is 0 Å². The van der Waals surface area contributed by atoms with Crippen molar-refractivity contribution in [1.82, 2.24) is 0 Å². The van der Waals surface area contributed by atoms with Gasteiger partial charge in [0.15, 0.2) is 0 Å². The Bertz CT molecular complexity index is 353. The zero-order chi connectivity index (χ0) is 16.3. The lowest BCUT2D eigenvalue weighted by molar-refractivity contribution is -0.134. The quantitative estimate of drug-likeness (QED) is 0.334. The minimum absolute atomic E-state index is 0.00977. The van der Waals surface area contributed by atoms with E-state index >= 15 is 0 Å². The van der Waals surface area contributed by atoms with E-state index in [9.17, 15) is 4.79 Å². The highest BCUT2D eigenvalue weighted by Crippen LogP contribution is 2.21. The van der Waals surface area contributed by atoms with Gasteiger partial charge in [-0.2, -0.15) is 0 Å². The van der Waals surface area contributed by atoms with E-state index in [1.54, 1.807) is 0 Å². The van der Waals surface area contributed by atoms with E-state index in [1.165, 1.54) is 26.0 Å². The first-order valence-corrected chi connectivity index (χ1v) is 7.87. The van der Waals surface area contributed by atoms with Crippen LogP contribution in [0.1, 0.15) is 60.3 Å². The molecule has 0 aliphatic heterocycles. The van der Waals surface area contributed by atoms with Gasteiger partial charge in [-0.1, -0.05) is 31.9 Å². The summed E-state index contributed by atoms with van der Waals surface area (Å²) in [5.41, 5.74) is 0.913. The molecule has 0 aromatic carbocycles. The number of esters is 1. The monoisotopic (exact) mass is 296 g/mol. The highest BCUT2D eigenvalue weighted by Gasteiger charge is 2.17. The van der Waals surface area contributed by atoms with E-state index in [1.807, 2.05) is 19.9 Å². The molecule has 0 radical (unpaired) electrons. The molecule has 21 heavy (non-hydrogen) atoms. The number of carbonyl (C=O) groups is 1. The van der Waals surface area contributed by atoms with Crippen LogP contribution in [0.25, 0.3) is 0 Å². The van der Waals surface area contributed by atoms with Crippen LogP contribution in [0.5, 0.6) is 0 Å². The molecule has 1 atom stereocenters. The largest absolute Gasteiger partial charge is 0.466 e. The van der Waals surface area contributed by atoms with E-state index in [2.05, 4.69) is 31.6 Å². The van der Waals surface area contributed by atoms with Crippen LogP contribution in [-0.4, -0.2) is 25.3 Å². The Morgan fingerprint density at radius 2 is 2.00 bits per heavy atom. The summed E-state index contributed by atoms with van der Waals surface area (Å²) in [6.07, 6.45) is 10.1. The van der Waals surface area contributed by atoms with Gasteiger partial charge in [-0.25, -0.2) is 4.79 Å². The number of rotatable bonds is 10. The molecule has 3 heteroatoms. The molecule has 0 aromatic rings. The number of hydrogen-bond donors (Lipinski definition) is 0. The molecule has 0 spiro atoms. The summed E-state index contributed by atoms with van der Waals surface area (Å²) in [4.78, 5) is 11.1. The van der Waals surface area contributed by atoms with Gasteiger partial charge in [0, 0.05) is 12.7 Å². The van der Waals surface area contributed by atoms with Crippen LogP contribution >= 0.6 is 0 Å². The fourth-order valence-corrected chi connectivity index (χ4v) is 2.24. The van der Waals surface area contributed by atoms with Crippen molar-refractivity contribution < 1.29 is 14.3 Å². The normalized spacial score (nSPS) is 14.5. The van der Waals surface area contributed by atoms with Crippen molar-refractivity contribution in [1.29, 1.82) is 0 Å². The molecule has 1 unspecified atom stereocenters. The molecule has 0 aliphatic carbocycles. The Hall–Kier alpha value is -1.09. The SMILES string of the molecule is CCOC(C)(C)CCCC(C)CC=CC(C)=CC(=O)OC. The van der Waals surface area contributed by atoms with E-state index in [-0.39, 0.29) is 11.6 Å². The third kappa shape index (κ3) is 11.3. The average Bonchev–Trinajstić information content (AvgIpc) is 2.38. The second-order valence-corrected chi connectivity index (χ2v) is 6.24. The first-order chi connectivity index (χ1) is 9.80. The van der Waals surface area contributed by atoms with Gasteiger partial charge < -0.3 is 9.47 Å². The van der Waals surface area contributed by atoms with Gasteiger partial charge in [0.2, 0.25) is 0 Å². The number of allylic oxidation sites excluding steroid dienone is 3. The Labute approximate surface area is 130 Å². The van der Waals surface area contributed by atoms with E-state index < -0.39 is 0 Å². The zero-order valence-corrected chi connectivity index (χ0v) is 14.6. The van der Waals surface area contributed by atoms with Crippen molar-refractivity contribution in [2.75, 3.05) is 13.7 Å². The second-order valence-electron chi connectivity index (χ2n) is 6.24. The molecule has 0 bridgehead atoms. The lowest BCUT2D eigenvalue weighted by Gasteiger charge is -2.25. The van der Waals surface area contributed by atoms with Gasteiger partial charge >= 0.3 is 5.97 Å². The first kappa shape index (κ1) is 19.9. The predicted octanol–water partition coefficient (Wildman–Crippen LogP) is 4.67. The maximum absolute atomic E-state index is 11.1. The lowest BCUT2D eigenvalue weighted by Crippen LogP contribution is -2.24. The molecule has 122 valence electrons. The standard InChI is InChI=1S/C18H32O3/c1-7-21-18(4,5)13-9-12-15(2)10-8-11-16(3)14-17(19)20-6/h8,11,14-15H,7,9-10,12-13H2,1-6H3. The zero-order valence-electron chi connectivity index (χ0n) is 14.6. The summed E-state index contributed by atoms with van der Waals surface area (Å²) in [5, 5.41) is 0. The highest BCUT2D eigenvalue weighted by molar-refractivity contribution is 5.83. The molecule has 0 saturated carbocycles. The second kappa shape index (κ2) is 10.6. The summed E-state index contributed by atoms with van der Waals surface area (Å²) in [6.45, 7) is 11.3. The molecule has 3 nitrogen and oxygen atoms in total. The summed E-state index contributed by atoms with van der Waals surface area (Å²) in [6, 6.07) is 0. The van der Waals surface area contributed by atoms with Crippen molar-refractivity contribution in [3.63, 3.8) is 0 Å². The molecule has 0 N–H and O–H groups in total. The molecule has 0 aliphatic rings. The maximum atomic E-state index is 11.1. The summed E-state index contributed by atoms with van der Waals surface area (Å²) >= 11 is 0. The number of ether oxygens (including phenoxy) is 2. The van der Waals surface area contributed by atoms with Crippen molar-refractivity contribution in [2.24, 2.45) is 5.92 Å². The van der Waals surface area contributed by atoms with Gasteiger partial charge in [0.05, 0.1) is 12.7 Å². The smallest absolute Gasteiger partial charge is 0.330 e. The highest BCUT2D eigenvalue weighted by atomic mass is 16.5. The summed E-state index contributed by atoms with van der Waals surface area (Å²) < 4.78 is 10.3. The lowest BCUT2D eigenvalue weighted by atomic mass is 9.94. The van der Waals surface area contributed by atoms with Crippen LogP contribution in [0.15, 0.2) is 23.8 Å². The molecule has 0 heterocycles. The van der Waals surface area contributed by atoms with Gasteiger partial charge in [-0.15, -0.1) is 0 Å². The van der Waals surface area contributed by atoms with Crippen LogP contribution in [0, 0.1) is 5.92 Å². The molecule has 0 rings (SSSR count). The molecule has 0 aromatic heterocycles. The Balaban J connectivity index is 3.98. The first-order valence-electron chi connectivity index (χ1n) is 7.87. The van der Waals surface area contributed by atoms with Crippen LogP contribution < -0.4 is 0 Å². The Kier molecular flexibility index (Phi) is 10.1. The van der Waals surface area contributed by atoms with Crippen LogP contribution in [0.2, 0.25) is 0 Å². The molecule has 0 fully saturated rings. The maximum Gasteiger partial charge on any atom is 0.330 e. The summed E-state index contributed by atoms with van der Waals surface area (Å²) in [7, 11) is 1.39. The van der Waals surface area contributed by atoms with Gasteiger partial charge in [0.1, 0.15) is 0 Å². The van der Waals surface area contributed by atoms with Crippen molar-refractivity contribution >= 4 is 5.97 Å². The minimum Gasteiger partial charge on any atom is -0.466 e. The molecule has 0 saturated heterocycles. The van der Waals surface area contributed by atoms with Gasteiger partial charge in [-0.3, -0.25) is 0 Å². The third-order valence-electron chi connectivity index (χ3n) is 3.48. The van der Waals surface area contributed by atoms with Gasteiger partial charge in [0.25, 0.3) is 0 Å². The Morgan fingerprint density at radius 1 is 1.33 bits per heavy atom. The summed E-state index contributed by atoms with van der Waals surface area (Å²) in [5.74, 6) is 0.341. The molecular weight excluding hydrogens is 264 g/mol. The van der Waals surface area contributed by atoms with Crippen LogP contribution in [0.4, 0.5) is 0 Å². The minimum atomic E-state index is -0.302. The van der Waals surface area contributed by atoms with E-state index in [4.69, 9.17) is 4.74 Å². The number of carbonyl (C=O) groups excluding carboxylic acids is 1. The number of hydrogen-bond acceptors (Lipinski definition) is 3. The van der Waals surface area contributed by atoms with E-state index in [0.29, 0.717) is 5.92 Å². The fourth-order valence-electron chi connectivity index (χ4n) is 2.24. The topological polar surface area (TPSA) is 35.5 Å². The van der Waals surface area contributed by atoms with E-state index in [0.717, 1.165) is 25.0 Å². The van der Waals surface area contributed by atoms with Crippen molar-refractivity contribution in [3.8, 4) is 0 Å². The van der Waals surface area contributed by atoms with Crippen molar-refractivity contribution in [2.45, 2.75) is 65.9 Å². The molecule has 0 amide bonds. The fraction of sp³-hybridized carbons (Fsp3) is 0.722. The average molecular weight is 296 g/mol.